The lowest BCUT2D eigenvalue weighted by atomic mass is 10.0. The van der Waals surface area contributed by atoms with E-state index in [4.69, 9.17) is 0 Å². The van der Waals surface area contributed by atoms with Gasteiger partial charge in [-0.05, 0) is 46.2 Å². The Hall–Kier alpha value is -1.29. The number of carbonyl (C=O) groups is 1. The molecule has 26 heavy (non-hydrogen) atoms. The number of anilines is 1. The molecule has 1 atom stereocenters. The Morgan fingerprint density at radius 2 is 1.85 bits per heavy atom. The molecule has 1 aromatic carbocycles. The van der Waals surface area contributed by atoms with Crippen molar-refractivity contribution in [1.82, 2.24) is 10.0 Å². The van der Waals surface area contributed by atoms with E-state index in [0.717, 1.165) is 18.9 Å². The molecule has 2 rings (SSSR count). The second kappa shape index (κ2) is 8.60. The van der Waals surface area contributed by atoms with E-state index in [-0.39, 0.29) is 18.1 Å². The Morgan fingerprint density at radius 1 is 1.19 bits per heavy atom. The first kappa shape index (κ1) is 22.8. The zero-order valence-electron chi connectivity index (χ0n) is 14.9. The molecule has 0 spiro atoms. The molecule has 1 saturated heterocycles. The minimum atomic E-state index is -4.21. The van der Waals surface area contributed by atoms with Gasteiger partial charge in [-0.1, -0.05) is 6.42 Å². The predicted molar refractivity (Wildman–Crippen MR) is 98.0 cm³/mol. The highest BCUT2D eigenvalue weighted by Crippen LogP contribution is 2.24. The third-order valence-electron chi connectivity index (χ3n) is 3.64. The Balaban J connectivity index is 0.00000338. The van der Waals surface area contributed by atoms with Crippen molar-refractivity contribution in [2.75, 3.05) is 11.9 Å². The fourth-order valence-electron chi connectivity index (χ4n) is 2.58. The summed E-state index contributed by atoms with van der Waals surface area (Å²) in [4.78, 5) is 11.5. The number of nitrogens with one attached hydrogen (secondary N) is 3. The molecular formula is C16H24ClF2N3O3S. The lowest BCUT2D eigenvalue weighted by Gasteiger charge is -2.23. The monoisotopic (exact) mass is 411 g/mol. The van der Waals surface area contributed by atoms with Crippen LogP contribution in [0.15, 0.2) is 17.0 Å². The maximum absolute atomic E-state index is 14.0. The molecule has 1 amide bonds. The van der Waals surface area contributed by atoms with Crippen molar-refractivity contribution in [3.8, 4) is 0 Å². The summed E-state index contributed by atoms with van der Waals surface area (Å²) >= 11 is 0. The summed E-state index contributed by atoms with van der Waals surface area (Å²) in [5.41, 5.74) is -1.21. The Labute approximate surface area is 158 Å². The fraction of sp³-hybridized carbons (Fsp3) is 0.562. The van der Waals surface area contributed by atoms with Crippen LogP contribution in [0.1, 0.15) is 40.0 Å². The maximum Gasteiger partial charge on any atom is 0.244 e. The number of piperidine rings is 1. The molecule has 10 heteroatoms. The van der Waals surface area contributed by atoms with Crippen LogP contribution in [0.3, 0.4) is 0 Å². The molecule has 1 aliphatic heterocycles. The van der Waals surface area contributed by atoms with Gasteiger partial charge >= 0.3 is 0 Å². The van der Waals surface area contributed by atoms with Gasteiger partial charge < -0.3 is 10.6 Å². The van der Waals surface area contributed by atoms with Crippen molar-refractivity contribution < 1.29 is 22.0 Å². The molecule has 1 heterocycles. The van der Waals surface area contributed by atoms with Crippen LogP contribution >= 0.6 is 12.4 Å². The largest absolute Gasteiger partial charge is 0.322 e. The number of halogens is 3. The summed E-state index contributed by atoms with van der Waals surface area (Å²) in [6, 6.07) is 0.784. The van der Waals surface area contributed by atoms with Crippen LogP contribution < -0.4 is 15.4 Å². The van der Waals surface area contributed by atoms with Crippen molar-refractivity contribution in [3.63, 3.8) is 0 Å². The molecule has 1 aliphatic rings. The first-order valence-corrected chi connectivity index (χ1v) is 9.55. The molecular weight excluding hydrogens is 388 g/mol. The van der Waals surface area contributed by atoms with Crippen LogP contribution in [0.25, 0.3) is 0 Å². The van der Waals surface area contributed by atoms with Crippen molar-refractivity contribution in [2.45, 2.75) is 56.5 Å². The second-order valence-corrected chi connectivity index (χ2v) is 8.76. The minimum Gasteiger partial charge on any atom is -0.322 e. The average molecular weight is 412 g/mol. The molecule has 6 nitrogen and oxygen atoms in total. The normalized spacial score (nSPS) is 18.1. The number of benzene rings is 1. The van der Waals surface area contributed by atoms with Crippen LogP contribution in [0, 0.1) is 11.6 Å². The highest BCUT2D eigenvalue weighted by molar-refractivity contribution is 7.89. The van der Waals surface area contributed by atoms with Crippen LogP contribution in [0.5, 0.6) is 0 Å². The number of carbonyl (C=O) groups excluding carboxylic acids is 1. The lowest BCUT2D eigenvalue weighted by Crippen LogP contribution is -2.43. The molecule has 0 aromatic heterocycles. The summed E-state index contributed by atoms with van der Waals surface area (Å²) < 4.78 is 54.9. The van der Waals surface area contributed by atoms with Crippen LogP contribution in [0.4, 0.5) is 14.5 Å². The first-order valence-electron chi connectivity index (χ1n) is 8.07. The zero-order valence-corrected chi connectivity index (χ0v) is 16.5. The highest BCUT2D eigenvalue weighted by atomic mass is 35.5. The third-order valence-corrected chi connectivity index (χ3v) is 5.41. The number of amides is 1. The van der Waals surface area contributed by atoms with Gasteiger partial charge in [0.15, 0.2) is 0 Å². The SMILES string of the molecule is CC(C)(C)NS(=O)(=O)c1cc(NC(=O)C2CCCCN2)c(F)cc1F.Cl. The summed E-state index contributed by atoms with van der Waals surface area (Å²) in [6.07, 6.45) is 2.42. The van der Waals surface area contributed by atoms with E-state index < -0.39 is 44.0 Å². The number of sulfonamides is 1. The fourth-order valence-corrected chi connectivity index (χ4v) is 4.09. The van der Waals surface area contributed by atoms with Gasteiger partial charge in [0, 0.05) is 11.6 Å². The van der Waals surface area contributed by atoms with Gasteiger partial charge in [-0.15, -0.1) is 12.4 Å². The van der Waals surface area contributed by atoms with Crippen molar-refractivity contribution in [2.24, 2.45) is 0 Å². The maximum atomic E-state index is 14.0. The number of hydrogen-bond donors (Lipinski definition) is 3. The molecule has 1 aromatic rings. The second-order valence-electron chi connectivity index (χ2n) is 7.11. The van der Waals surface area contributed by atoms with Gasteiger partial charge in [-0.3, -0.25) is 4.79 Å². The van der Waals surface area contributed by atoms with E-state index in [0.29, 0.717) is 19.0 Å². The van der Waals surface area contributed by atoms with Gasteiger partial charge in [0.1, 0.15) is 16.5 Å². The molecule has 148 valence electrons. The van der Waals surface area contributed by atoms with Gasteiger partial charge in [0.25, 0.3) is 0 Å². The summed E-state index contributed by atoms with van der Waals surface area (Å²) in [7, 11) is -4.21. The highest BCUT2D eigenvalue weighted by Gasteiger charge is 2.28. The molecule has 0 saturated carbocycles. The number of hydrogen-bond acceptors (Lipinski definition) is 4. The molecule has 3 N–H and O–H groups in total. The Morgan fingerprint density at radius 3 is 2.38 bits per heavy atom. The van der Waals surface area contributed by atoms with E-state index in [1.807, 2.05) is 0 Å². The number of rotatable bonds is 4. The van der Waals surface area contributed by atoms with Gasteiger partial charge in [-0.2, -0.15) is 0 Å². The molecule has 1 unspecified atom stereocenters. The Kier molecular flexibility index (Phi) is 7.52. The standard InChI is InChI=1S/C16H23F2N3O3S.ClH/c1-16(2,3)21-25(23,24)14-9-13(10(17)8-11(14)18)20-15(22)12-6-4-5-7-19-12;/h8-9,12,19,21H,4-7H2,1-3H3,(H,20,22);1H. The van der Waals surface area contributed by atoms with E-state index >= 15 is 0 Å². The summed E-state index contributed by atoms with van der Waals surface area (Å²) in [5.74, 6) is -2.73. The molecule has 0 bridgehead atoms. The Bertz CT molecular complexity index is 761. The first-order chi connectivity index (χ1) is 11.5. The van der Waals surface area contributed by atoms with E-state index in [2.05, 4.69) is 15.4 Å². The third kappa shape index (κ3) is 5.87. The van der Waals surface area contributed by atoms with Crippen molar-refractivity contribution >= 4 is 34.0 Å². The van der Waals surface area contributed by atoms with Crippen LogP contribution in [-0.2, 0) is 14.8 Å². The minimum absolute atomic E-state index is 0. The van der Waals surface area contributed by atoms with Gasteiger partial charge in [0.2, 0.25) is 15.9 Å². The van der Waals surface area contributed by atoms with E-state index in [9.17, 15) is 22.0 Å². The van der Waals surface area contributed by atoms with E-state index in [1.165, 1.54) is 0 Å². The lowest BCUT2D eigenvalue weighted by molar-refractivity contribution is -0.118. The molecule has 1 fully saturated rings. The van der Waals surface area contributed by atoms with E-state index in [1.54, 1.807) is 20.8 Å². The van der Waals surface area contributed by atoms with Crippen molar-refractivity contribution in [1.29, 1.82) is 0 Å². The predicted octanol–water partition coefficient (Wildman–Crippen LogP) is 2.54. The van der Waals surface area contributed by atoms with Crippen molar-refractivity contribution in [3.05, 3.63) is 23.8 Å². The summed E-state index contributed by atoms with van der Waals surface area (Å²) in [6.45, 7) is 5.48. The van der Waals surface area contributed by atoms with Gasteiger partial charge in [-0.25, -0.2) is 21.9 Å². The van der Waals surface area contributed by atoms with Crippen LogP contribution in [0.2, 0.25) is 0 Å². The molecule has 0 radical (unpaired) electrons. The zero-order chi connectivity index (χ0) is 18.8. The summed E-state index contributed by atoms with van der Waals surface area (Å²) in [5, 5.41) is 5.35. The molecule has 0 aliphatic carbocycles. The topological polar surface area (TPSA) is 87.3 Å². The quantitative estimate of drug-likeness (QED) is 0.710. The smallest absolute Gasteiger partial charge is 0.244 e. The van der Waals surface area contributed by atoms with Crippen LogP contribution in [-0.4, -0.2) is 32.5 Å². The van der Waals surface area contributed by atoms with Gasteiger partial charge in [0.05, 0.1) is 11.7 Å². The average Bonchev–Trinajstić information content (AvgIpc) is 2.48.